The fourth-order valence-corrected chi connectivity index (χ4v) is 2.78. The Kier molecular flexibility index (Phi) is 3.64. The summed E-state index contributed by atoms with van der Waals surface area (Å²) < 4.78 is 1.84. The number of nitrogens with zero attached hydrogens (tertiary/aromatic N) is 2. The van der Waals surface area contributed by atoms with Crippen molar-refractivity contribution < 1.29 is 5.11 Å². The number of aromatic nitrogens is 2. The van der Waals surface area contributed by atoms with E-state index in [9.17, 15) is 5.11 Å². The van der Waals surface area contributed by atoms with Gasteiger partial charge in [0, 0.05) is 13.2 Å². The summed E-state index contributed by atoms with van der Waals surface area (Å²) in [5.41, 5.74) is 1.11. The second kappa shape index (κ2) is 5.00. The molecule has 0 aliphatic heterocycles. The number of aliphatic hydroxyl groups excluding tert-OH is 1. The Morgan fingerprint density at radius 3 is 2.94 bits per heavy atom. The number of rotatable bonds is 3. The molecule has 1 aromatic rings. The number of aliphatic hydroxyl groups is 1. The first-order valence-corrected chi connectivity index (χ1v) is 6.35. The quantitative estimate of drug-likeness (QED) is 0.851. The van der Waals surface area contributed by atoms with Crippen molar-refractivity contribution in [2.75, 3.05) is 0 Å². The predicted molar refractivity (Wildman–Crippen MR) is 64.0 cm³/mol. The second-order valence-electron chi connectivity index (χ2n) is 5.10. The molecule has 1 heterocycles. The van der Waals surface area contributed by atoms with Crippen molar-refractivity contribution in [2.24, 2.45) is 18.9 Å². The number of hydrogen-bond donors (Lipinski definition) is 1. The molecule has 0 saturated heterocycles. The van der Waals surface area contributed by atoms with Crippen LogP contribution in [0.2, 0.25) is 0 Å². The lowest BCUT2D eigenvalue weighted by Crippen LogP contribution is -2.30. The average molecular weight is 222 g/mol. The van der Waals surface area contributed by atoms with Gasteiger partial charge in [-0.25, -0.2) is 0 Å². The SMILES string of the molecule is CCC1CCC(O)C(Cc2ccn(C)n2)C1. The van der Waals surface area contributed by atoms with E-state index in [1.54, 1.807) is 0 Å². The van der Waals surface area contributed by atoms with Gasteiger partial charge in [0.25, 0.3) is 0 Å². The Labute approximate surface area is 97.5 Å². The molecule has 1 aliphatic carbocycles. The zero-order chi connectivity index (χ0) is 11.5. The van der Waals surface area contributed by atoms with Gasteiger partial charge in [-0.1, -0.05) is 13.3 Å². The zero-order valence-electron chi connectivity index (χ0n) is 10.3. The second-order valence-corrected chi connectivity index (χ2v) is 5.10. The smallest absolute Gasteiger partial charge is 0.0628 e. The van der Waals surface area contributed by atoms with E-state index in [4.69, 9.17) is 0 Å². The van der Waals surface area contributed by atoms with Crippen LogP contribution in [-0.4, -0.2) is 21.0 Å². The molecule has 0 aromatic carbocycles. The lowest BCUT2D eigenvalue weighted by Gasteiger charge is -2.32. The molecule has 1 N–H and O–H groups in total. The van der Waals surface area contributed by atoms with Crippen molar-refractivity contribution in [3.05, 3.63) is 18.0 Å². The highest BCUT2D eigenvalue weighted by atomic mass is 16.3. The van der Waals surface area contributed by atoms with Crippen LogP contribution in [0.4, 0.5) is 0 Å². The van der Waals surface area contributed by atoms with Gasteiger partial charge in [0.15, 0.2) is 0 Å². The molecule has 3 unspecified atom stereocenters. The summed E-state index contributed by atoms with van der Waals surface area (Å²) >= 11 is 0. The van der Waals surface area contributed by atoms with Crippen LogP contribution in [0.25, 0.3) is 0 Å². The van der Waals surface area contributed by atoms with Crippen LogP contribution < -0.4 is 0 Å². The highest BCUT2D eigenvalue weighted by Crippen LogP contribution is 2.33. The van der Waals surface area contributed by atoms with Gasteiger partial charge >= 0.3 is 0 Å². The van der Waals surface area contributed by atoms with E-state index in [2.05, 4.69) is 18.1 Å². The van der Waals surface area contributed by atoms with Crippen LogP contribution in [0.15, 0.2) is 12.3 Å². The first-order valence-electron chi connectivity index (χ1n) is 6.35. The molecule has 0 spiro atoms. The van der Waals surface area contributed by atoms with Gasteiger partial charge in [0.05, 0.1) is 11.8 Å². The lowest BCUT2D eigenvalue weighted by molar-refractivity contribution is 0.0469. The maximum atomic E-state index is 10.0. The molecule has 1 aromatic heterocycles. The summed E-state index contributed by atoms with van der Waals surface area (Å²) in [6.07, 6.45) is 7.34. The fourth-order valence-electron chi connectivity index (χ4n) is 2.78. The largest absolute Gasteiger partial charge is 0.393 e. The highest BCUT2D eigenvalue weighted by Gasteiger charge is 2.28. The normalized spacial score (nSPS) is 30.6. The van der Waals surface area contributed by atoms with Crippen LogP contribution in [0, 0.1) is 11.8 Å². The molecule has 1 aliphatic rings. The van der Waals surface area contributed by atoms with E-state index in [1.807, 2.05) is 17.9 Å². The first-order chi connectivity index (χ1) is 7.69. The molecule has 1 saturated carbocycles. The lowest BCUT2D eigenvalue weighted by atomic mass is 9.76. The highest BCUT2D eigenvalue weighted by molar-refractivity contribution is 5.01. The van der Waals surface area contributed by atoms with E-state index in [-0.39, 0.29) is 6.10 Å². The van der Waals surface area contributed by atoms with Crippen molar-refractivity contribution in [3.8, 4) is 0 Å². The van der Waals surface area contributed by atoms with E-state index in [0.29, 0.717) is 5.92 Å². The minimum Gasteiger partial charge on any atom is -0.393 e. The molecule has 1 fully saturated rings. The summed E-state index contributed by atoms with van der Waals surface area (Å²) in [4.78, 5) is 0. The van der Waals surface area contributed by atoms with Crippen molar-refractivity contribution >= 4 is 0 Å². The van der Waals surface area contributed by atoms with Crippen LogP contribution in [0.1, 0.15) is 38.3 Å². The van der Waals surface area contributed by atoms with Crippen molar-refractivity contribution in [1.82, 2.24) is 9.78 Å². The predicted octanol–water partition coefficient (Wildman–Crippen LogP) is 2.15. The molecule has 0 bridgehead atoms. The minimum atomic E-state index is -0.121. The monoisotopic (exact) mass is 222 g/mol. The standard InChI is InChI=1S/C13H22N2O/c1-3-10-4-5-13(16)11(8-10)9-12-6-7-15(2)14-12/h6-7,10-11,13,16H,3-5,8-9H2,1-2H3. The number of hydrogen-bond acceptors (Lipinski definition) is 2. The third kappa shape index (κ3) is 2.64. The van der Waals surface area contributed by atoms with Gasteiger partial charge in [-0.3, -0.25) is 4.68 Å². The van der Waals surface area contributed by atoms with Gasteiger partial charge in [-0.05, 0) is 43.6 Å². The van der Waals surface area contributed by atoms with Gasteiger partial charge in [-0.2, -0.15) is 5.10 Å². The summed E-state index contributed by atoms with van der Waals surface area (Å²) in [6, 6.07) is 2.06. The Morgan fingerprint density at radius 2 is 2.31 bits per heavy atom. The third-order valence-corrected chi connectivity index (χ3v) is 3.87. The van der Waals surface area contributed by atoms with Crippen molar-refractivity contribution in [2.45, 2.75) is 45.1 Å². The van der Waals surface area contributed by atoms with Crippen LogP contribution in [0.3, 0.4) is 0 Å². The van der Waals surface area contributed by atoms with Crippen molar-refractivity contribution in [3.63, 3.8) is 0 Å². The van der Waals surface area contributed by atoms with Crippen LogP contribution in [0.5, 0.6) is 0 Å². The van der Waals surface area contributed by atoms with E-state index in [1.165, 1.54) is 12.8 Å². The molecule has 0 amide bonds. The van der Waals surface area contributed by atoms with Gasteiger partial charge in [0.2, 0.25) is 0 Å². The van der Waals surface area contributed by atoms with E-state index in [0.717, 1.165) is 30.9 Å². The fraction of sp³-hybridized carbons (Fsp3) is 0.769. The molecule has 3 heteroatoms. The maximum absolute atomic E-state index is 10.0. The molecular weight excluding hydrogens is 200 g/mol. The maximum Gasteiger partial charge on any atom is 0.0628 e. The first kappa shape index (κ1) is 11.6. The van der Waals surface area contributed by atoms with Crippen LogP contribution in [-0.2, 0) is 13.5 Å². The minimum absolute atomic E-state index is 0.121. The molecule has 0 radical (unpaired) electrons. The van der Waals surface area contributed by atoms with Gasteiger partial charge in [-0.15, -0.1) is 0 Å². The zero-order valence-corrected chi connectivity index (χ0v) is 10.3. The molecule has 3 nitrogen and oxygen atoms in total. The van der Waals surface area contributed by atoms with Gasteiger partial charge < -0.3 is 5.11 Å². The van der Waals surface area contributed by atoms with E-state index >= 15 is 0 Å². The molecule has 3 atom stereocenters. The summed E-state index contributed by atoms with van der Waals surface area (Å²) in [5, 5.41) is 14.4. The number of aryl methyl sites for hydroxylation is 1. The topological polar surface area (TPSA) is 38.0 Å². The Morgan fingerprint density at radius 1 is 1.50 bits per heavy atom. The Bertz CT molecular complexity index is 334. The van der Waals surface area contributed by atoms with Crippen molar-refractivity contribution in [1.29, 1.82) is 0 Å². The molecule has 90 valence electrons. The van der Waals surface area contributed by atoms with E-state index < -0.39 is 0 Å². The summed E-state index contributed by atoms with van der Waals surface area (Å²) in [7, 11) is 1.94. The average Bonchev–Trinajstić information content (AvgIpc) is 2.67. The molecule has 16 heavy (non-hydrogen) atoms. The van der Waals surface area contributed by atoms with Gasteiger partial charge in [0.1, 0.15) is 0 Å². The molecular formula is C13H22N2O. The Hall–Kier alpha value is -0.830. The van der Waals surface area contributed by atoms with Crippen LogP contribution >= 0.6 is 0 Å². The summed E-state index contributed by atoms with van der Waals surface area (Å²) in [6.45, 7) is 2.25. The summed E-state index contributed by atoms with van der Waals surface area (Å²) in [5.74, 6) is 1.21. The Balaban J connectivity index is 1.96. The molecule has 2 rings (SSSR count). The third-order valence-electron chi connectivity index (χ3n) is 3.87.